The molecule has 0 aliphatic heterocycles. The van der Waals surface area contributed by atoms with Gasteiger partial charge < -0.3 is 21.3 Å². The number of nitrogens with zero attached hydrogens (tertiary/aromatic N) is 4. The molecule has 8 heteroatoms. The van der Waals surface area contributed by atoms with Crippen LogP contribution in [-0.4, -0.2) is 31.7 Å². The summed E-state index contributed by atoms with van der Waals surface area (Å²) < 4.78 is 7.29. The van der Waals surface area contributed by atoms with Crippen LogP contribution >= 0.6 is 0 Å². The third-order valence-electron chi connectivity index (χ3n) is 7.01. The van der Waals surface area contributed by atoms with Gasteiger partial charge in [0.2, 0.25) is 0 Å². The molecule has 5 N–H and O–H groups in total. The van der Waals surface area contributed by atoms with Crippen molar-refractivity contribution in [2.45, 2.75) is 24.8 Å². The number of methoxy groups -OCH3 is 1. The first-order valence-electron chi connectivity index (χ1n) is 11.8. The summed E-state index contributed by atoms with van der Waals surface area (Å²) in [5.41, 5.74) is 18.3. The van der Waals surface area contributed by atoms with Crippen LogP contribution in [0.2, 0.25) is 0 Å². The van der Waals surface area contributed by atoms with Gasteiger partial charge in [0.05, 0.1) is 18.4 Å². The van der Waals surface area contributed by atoms with Crippen molar-refractivity contribution in [3.05, 3.63) is 78.5 Å². The number of nitrogen functional groups attached to an aromatic ring is 1. The summed E-state index contributed by atoms with van der Waals surface area (Å²) in [5.74, 6) is 1.51. The number of hydrogen-bond acceptors (Lipinski definition) is 7. The van der Waals surface area contributed by atoms with E-state index in [4.69, 9.17) is 26.2 Å². The number of anilines is 1. The number of phenolic OH excluding ortho intramolecular Hbond substituents is 1. The Hall–Kier alpha value is -4.43. The second kappa shape index (κ2) is 8.35. The van der Waals surface area contributed by atoms with Crippen molar-refractivity contribution >= 4 is 17.0 Å². The van der Waals surface area contributed by atoms with Crippen molar-refractivity contribution in [3.63, 3.8) is 0 Å². The molecule has 3 aromatic heterocycles. The summed E-state index contributed by atoms with van der Waals surface area (Å²) >= 11 is 0. The van der Waals surface area contributed by atoms with Crippen LogP contribution in [0.5, 0.6) is 11.5 Å². The van der Waals surface area contributed by atoms with Crippen LogP contribution in [0.15, 0.2) is 72.9 Å². The molecule has 1 fully saturated rings. The number of imidazole rings is 1. The maximum absolute atomic E-state index is 10.0. The Morgan fingerprint density at radius 3 is 2.50 bits per heavy atom. The molecule has 1 aliphatic rings. The average molecular weight is 479 g/mol. The Balaban J connectivity index is 1.55. The molecule has 0 atom stereocenters. The molecular formula is C28H26N6O2. The summed E-state index contributed by atoms with van der Waals surface area (Å²) in [6.07, 6.45) is 4.82. The average Bonchev–Trinajstić information content (AvgIpc) is 3.26. The zero-order valence-corrected chi connectivity index (χ0v) is 19.8. The second-order valence-corrected chi connectivity index (χ2v) is 9.19. The Kier molecular flexibility index (Phi) is 5.12. The van der Waals surface area contributed by atoms with Crippen LogP contribution < -0.4 is 16.2 Å². The van der Waals surface area contributed by atoms with E-state index in [0.717, 1.165) is 52.9 Å². The van der Waals surface area contributed by atoms with Crippen LogP contribution in [0.1, 0.15) is 24.8 Å². The van der Waals surface area contributed by atoms with Gasteiger partial charge in [-0.1, -0.05) is 12.1 Å². The van der Waals surface area contributed by atoms with Crippen LogP contribution in [-0.2, 0) is 5.54 Å². The number of aromatic hydroxyl groups is 1. The van der Waals surface area contributed by atoms with E-state index < -0.39 is 0 Å². The monoisotopic (exact) mass is 478 g/mol. The minimum absolute atomic E-state index is 0.0749. The van der Waals surface area contributed by atoms with E-state index in [9.17, 15) is 5.11 Å². The standard InChI is InChI=1S/C28H26N6O2/c1-36-24-16-17(5-12-23(24)35)21-10-11-22-27(32-21)34(26(33-22)20-4-2-15-31-25(20)29)19-8-6-18(7-9-19)28(30)13-3-14-28/h2,4-12,15-16,35H,3,13-14,30H2,1H3,(H2,29,31). The molecule has 0 amide bonds. The SMILES string of the molecule is COc1cc(-c2ccc3nc(-c4cccnc4N)n(-c4ccc(C5(N)CCC5)cc4)c3n2)ccc1O. The van der Waals surface area contributed by atoms with Crippen molar-refractivity contribution in [1.82, 2.24) is 19.5 Å². The number of ether oxygens (including phenoxy) is 1. The third-order valence-corrected chi connectivity index (χ3v) is 7.01. The molecule has 2 aromatic carbocycles. The fourth-order valence-corrected chi connectivity index (χ4v) is 4.78. The highest BCUT2D eigenvalue weighted by Gasteiger charge is 2.34. The second-order valence-electron chi connectivity index (χ2n) is 9.19. The molecule has 0 radical (unpaired) electrons. The van der Waals surface area contributed by atoms with Gasteiger partial charge in [-0.25, -0.2) is 15.0 Å². The van der Waals surface area contributed by atoms with Gasteiger partial charge in [-0.3, -0.25) is 4.57 Å². The van der Waals surface area contributed by atoms with Crippen molar-refractivity contribution in [2.24, 2.45) is 5.73 Å². The van der Waals surface area contributed by atoms with E-state index in [1.54, 1.807) is 24.4 Å². The Labute approximate surface area is 208 Å². The van der Waals surface area contributed by atoms with Gasteiger partial charge in [0, 0.05) is 23.0 Å². The van der Waals surface area contributed by atoms with E-state index in [0.29, 0.717) is 23.0 Å². The maximum atomic E-state index is 10.0. The highest BCUT2D eigenvalue weighted by molar-refractivity contribution is 5.84. The summed E-state index contributed by atoms with van der Waals surface area (Å²) in [5, 5.41) is 10.0. The number of fused-ring (bicyclic) bond motifs is 1. The van der Waals surface area contributed by atoms with Crippen molar-refractivity contribution in [1.29, 1.82) is 0 Å². The summed E-state index contributed by atoms with van der Waals surface area (Å²) in [7, 11) is 1.52. The molecule has 0 spiro atoms. The van der Waals surface area contributed by atoms with Crippen molar-refractivity contribution < 1.29 is 9.84 Å². The lowest BCUT2D eigenvalue weighted by atomic mass is 9.73. The minimum atomic E-state index is -0.241. The molecule has 180 valence electrons. The molecular weight excluding hydrogens is 452 g/mol. The molecule has 8 nitrogen and oxygen atoms in total. The fourth-order valence-electron chi connectivity index (χ4n) is 4.78. The lowest BCUT2D eigenvalue weighted by Gasteiger charge is -2.38. The molecule has 1 saturated carbocycles. The van der Waals surface area contributed by atoms with Gasteiger partial charge in [0.1, 0.15) is 11.3 Å². The lowest BCUT2D eigenvalue weighted by Crippen LogP contribution is -2.43. The quantitative estimate of drug-likeness (QED) is 0.332. The molecule has 0 saturated heterocycles. The van der Waals surface area contributed by atoms with E-state index in [2.05, 4.69) is 29.2 Å². The van der Waals surface area contributed by atoms with Crippen molar-refractivity contribution in [3.8, 4) is 39.8 Å². The summed E-state index contributed by atoms with van der Waals surface area (Å²) in [6, 6.07) is 21.0. The van der Waals surface area contributed by atoms with E-state index in [1.807, 2.05) is 28.8 Å². The van der Waals surface area contributed by atoms with E-state index >= 15 is 0 Å². The zero-order chi connectivity index (χ0) is 24.9. The van der Waals surface area contributed by atoms with Crippen molar-refractivity contribution in [2.75, 3.05) is 12.8 Å². The largest absolute Gasteiger partial charge is 0.504 e. The number of aromatic nitrogens is 4. The molecule has 0 unspecified atom stereocenters. The predicted molar refractivity (Wildman–Crippen MR) is 140 cm³/mol. The van der Waals surface area contributed by atoms with E-state index in [-0.39, 0.29) is 11.3 Å². The molecule has 0 bridgehead atoms. The Morgan fingerprint density at radius 2 is 1.81 bits per heavy atom. The first-order valence-corrected chi connectivity index (χ1v) is 11.8. The van der Waals surface area contributed by atoms with Gasteiger partial charge >= 0.3 is 0 Å². The maximum Gasteiger partial charge on any atom is 0.165 e. The summed E-state index contributed by atoms with van der Waals surface area (Å²) in [4.78, 5) is 14.1. The lowest BCUT2D eigenvalue weighted by molar-refractivity contribution is 0.253. The van der Waals surface area contributed by atoms with Gasteiger partial charge in [0.15, 0.2) is 23.0 Å². The van der Waals surface area contributed by atoms with Crippen LogP contribution in [0, 0.1) is 0 Å². The highest BCUT2D eigenvalue weighted by atomic mass is 16.5. The molecule has 3 heterocycles. The predicted octanol–water partition coefficient (Wildman–Crippen LogP) is 4.78. The Morgan fingerprint density at radius 1 is 1.00 bits per heavy atom. The summed E-state index contributed by atoms with van der Waals surface area (Å²) in [6.45, 7) is 0. The molecule has 1 aliphatic carbocycles. The number of benzene rings is 2. The first-order chi connectivity index (χ1) is 17.5. The highest BCUT2D eigenvalue weighted by Crippen LogP contribution is 2.39. The van der Waals surface area contributed by atoms with Gasteiger partial charge in [-0.05, 0) is 79.4 Å². The smallest absolute Gasteiger partial charge is 0.165 e. The van der Waals surface area contributed by atoms with Gasteiger partial charge in [-0.15, -0.1) is 0 Å². The molecule has 5 aromatic rings. The first kappa shape index (κ1) is 22.1. The zero-order valence-electron chi connectivity index (χ0n) is 19.8. The van der Waals surface area contributed by atoms with Gasteiger partial charge in [0.25, 0.3) is 0 Å². The minimum Gasteiger partial charge on any atom is -0.504 e. The topological polar surface area (TPSA) is 125 Å². The van der Waals surface area contributed by atoms with Crippen LogP contribution in [0.25, 0.3) is 39.5 Å². The number of hydrogen-bond donors (Lipinski definition) is 3. The van der Waals surface area contributed by atoms with Crippen LogP contribution in [0.4, 0.5) is 5.82 Å². The number of phenols is 1. The third kappa shape index (κ3) is 3.54. The number of nitrogens with two attached hydrogens (primary N) is 2. The number of pyridine rings is 2. The van der Waals surface area contributed by atoms with E-state index in [1.165, 1.54) is 7.11 Å². The molecule has 36 heavy (non-hydrogen) atoms. The normalized spacial score (nSPS) is 14.5. The Bertz CT molecular complexity index is 1590. The number of rotatable bonds is 5. The fraction of sp³-hybridized carbons (Fsp3) is 0.179. The van der Waals surface area contributed by atoms with Gasteiger partial charge in [-0.2, -0.15) is 0 Å². The molecule has 6 rings (SSSR count). The van der Waals surface area contributed by atoms with Crippen LogP contribution in [0.3, 0.4) is 0 Å².